The maximum atomic E-state index is 3.71. The molecular weight excluding hydrogens is 242 g/mol. The molecule has 1 unspecified atom stereocenters. The Morgan fingerprint density at radius 2 is 1.75 bits per heavy atom. The van der Waals surface area contributed by atoms with Crippen molar-refractivity contribution < 1.29 is 0 Å². The van der Waals surface area contributed by atoms with Crippen LogP contribution in [0.25, 0.3) is 0 Å². The van der Waals surface area contributed by atoms with Crippen LogP contribution < -0.4 is 5.32 Å². The molecule has 1 nitrogen and oxygen atoms in total. The molecule has 0 spiro atoms. The molecule has 1 heteroatoms. The highest BCUT2D eigenvalue weighted by atomic mass is 14.9. The van der Waals surface area contributed by atoms with Gasteiger partial charge in [0.15, 0.2) is 0 Å². The lowest BCUT2D eigenvalue weighted by Gasteiger charge is -2.22. The fraction of sp³-hybridized carbons (Fsp3) is 0.368. The van der Waals surface area contributed by atoms with E-state index in [-0.39, 0.29) is 0 Å². The SMILES string of the molecule is CCCCNC(c1ccccc1)c1ccc(C)cc1C. The van der Waals surface area contributed by atoms with Crippen LogP contribution in [0.1, 0.15) is 48.1 Å². The molecule has 1 atom stereocenters. The Balaban J connectivity index is 2.30. The maximum absolute atomic E-state index is 3.71. The summed E-state index contributed by atoms with van der Waals surface area (Å²) in [6.45, 7) is 7.65. The Morgan fingerprint density at radius 1 is 1.00 bits per heavy atom. The highest BCUT2D eigenvalue weighted by molar-refractivity contribution is 5.38. The number of aryl methyl sites for hydroxylation is 2. The molecule has 2 rings (SSSR count). The minimum absolute atomic E-state index is 0.295. The van der Waals surface area contributed by atoms with Gasteiger partial charge in [0.25, 0.3) is 0 Å². The van der Waals surface area contributed by atoms with Crippen LogP contribution in [0.4, 0.5) is 0 Å². The van der Waals surface area contributed by atoms with E-state index in [0.717, 1.165) is 6.54 Å². The minimum Gasteiger partial charge on any atom is -0.306 e. The first-order valence-electron chi connectivity index (χ1n) is 7.58. The summed E-state index contributed by atoms with van der Waals surface area (Å²) in [5, 5.41) is 3.71. The zero-order chi connectivity index (χ0) is 14.4. The van der Waals surface area contributed by atoms with Crippen LogP contribution in [0.3, 0.4) is 0 Å². The van der Waals surface area contributed by atoms with Crippen molar-refractivity contribution in [3.8, 4) is 0 Å². The number of rotatable bonds is 6. The number of hydrogen-bond donors (Lipinski definition) is 1. The smallest absolute Gasteiger partial charge is 0.0579 e. The molecule has 0 heterocycles. The highest BCUT2D eigenvalue weighted by Gasteiger charge is 2.15. The third kappa shape index (κ3) is 3.71. The van der Waals surface area contributed by atoms with Gasteiger partial charge in [-0.3, -0.25) is 0 Å². The van der Waals surface area contributed by atoms with Crippen LogP contribution in [0.2, 0.25) is 0 Å². The van der Waals surface area contributed by atoms with E-state index in [1.54, 1.807) is 0 Å². The zero-order valence-electron chi connectivity index (χ0n) is 12.8. The number of hydrogen-bond acceptors (Lipinski definition) is 1. The summed E-state index contributed by atoms with van der Waals surface area (Å²) in [6.07, 6.45) is 2.44. The van der Waals surface area contributed by atoms with Gasteiger partial charge in [0.05, 0.1) is 6.04 Å². The molecule has 2 aromatic carbocycles. The molecule has 0 aliphatic carbocycles. The van der Waals surface area contributed by atoms with E-state index in [0.29, 0.717) is 6.04 Å². The van der Waals surface area contributed by atoms with Crippen molar-refractivity contribution in [2.45, 2.75) is 39.7 Å². The van der Waals surface area contributed by atoms with E-state index in [1.165, 1.54) is 35.1 Å². The molecular formula is C19H25N. The average molecular weight is 267 g/mol. The van der Waals surface area contributed by atoms with E-state index in [1.807, 2.05) is 0 Å². The number of nitrogens with one attached hydrogen (secondary N) is 1. The normalized spacial score (nSPS) is 12.3. The van der Waals surface area contributed by atoms with Gasteiger partial charge in [0.1, 0.15) is 0 Å². The molecule has 2 aromatic rings. The van der Waals surface area contributed by atoms with Gasteiger partial charge < -0.3 is 5.32 Å². The Hall–Kier alpha value is -1.60. The van der Waals surface area contributed by atoms with Gasteiger partial charge in [-0.15, -0.1) is 0 Å². The van der Waals surface area contributed by atoms with Crippen LogP contribution in [0, 0.1) is 13.8 Å². The molecule has 0 aliphatic rings. The molecule has 0 amide bonds. The standard InChI is InChI=1S/C19H25N/c1-4-5-13-20-19(17-9-7-6-8-10-17)18-12-11-15(2)14-16(18)3/h6-12,14,19-20H,4-5,13H2,1-3H3. The molecule has 0 saturated carbocycles. The molecule has 0 aromatic heterocycles. The monoisotopic (exact) mass is 267 g/mol. The van der Waals surface area contributed by atoms with Crippen LogP contribution in [0.15, 0.2) is 48.5 Å². The van der Waals surface area contributed by atoms with Crippen LogP contribution >= 0.6 is 0 Å². The van der Waals surface area contributed by atoms with Gasteiger partial charge in [-0.2, -0.15) is 0 Å². The first kappa shape index (κ1) is 14.8. The van der Waals surface area contributed by atoms with Crippen molar-refractivity contribution in [1.29, 1.82) is 0 Å². The molecule has 0 aliphatic heterocycles. The molecule has 0 fully saturated rings. The summed E-state index contributed by atoms with van der Waals surface area (Å²) in [7, 11) is 0. The van der Waals surface area contributed by atoms with Crippen LogP contribution in [0.5, 0.6) is 0 Å². The minimum atomic E-state index is 0.295. The van der Waals surface area contributed by atoms with E-state index < -0.39 is 0 Å². The summed E-state index contributed by atoms with van der Waals surface area (Å²) in [6, 6.07) is 17.8. The average Bonchev–Trinajstić information content (AvgIpc) is 2.46. The van der Waals surface area contributed by atoms with Gasteiger partial charge >= 0.3 is 0 Å². The van der Waals surface area contributed by atoms with E-state index in [4.69, 9.17) is 0 Å². The fourth-order valence-electron chi connectivity index (χ4n) is 2.63. The summed E-state index contributed by atoms with van der Waals surface area (Å²) < 4.78 is 0. The van der Waals surface area contributed by atoms with E-state index >= 15 is 0 Å². The maximum Gasteiger partial charge on any atom is 0.0579 e. The third-order valence-corrected chi connectivity index (χ3v) is 3.75. The summed E-state index contributed by atoms with van der Waals surface area (Å²) >= 11 is 0. The fourth-order valence-corrected chi connectivity index (χ4v) is 2.63. The second-order valence-electron chi connectivity index (χ2n) is 5.51. The number of unbranched alkanes of at least 4 members (excludes halogenated alkanes) is 1. The van der Waals surface area contributed by atoms with Crippen molar-refractivity contribution in [3.63, 3.8) is 0 Å². The second-order valence-corrected chi connectivity index (χ2v) is 5.51. The van der Waals surface area contributed by atoms with Crippen molar-refractivity contribution in [1.82, 2.24) is 5.32 Å². The van der Waals surface area contributed by atoms with Crippen molar-refractivity contribution >= 4 is 0 Å². The van der Waals surface area contributed by atoms with Crippen LogP contribution in [-0.4, -0.2) is 6.54 Å². The predicted molar refractivity (Wildman–Crippen MR) is 87.1 cm³/mol. The molecule has 0 saturated heterocycles. The lowest BCUT2D eigenvalue weighted by Crippen LogP contribution is -2.24. The summed E-state index contributed by atoms with van der Waals surface area (Å²) in [4.78, 5) is 0. The Morgan fingerprint density at radius 3 is 2.40 bits per heavy atom. The van der Waals surface area contributed by atoms with Gasteiger partial charge in [-0.25, -0.2) is 0 Å². The van der Waals surface area contributed by atoms with Crippen molar-refractivity contribution in [2.24, 2.45) is 0 Å². The summed E-state index contributed by atoms with van der Waals surface area (Å²) in [5.74, 6) is 0. The molecule has 1 N–H and O–H groups in total. The topological polar surface area (TPSA) is 12.0 Å². The van der Waals surface area contributed by atoms with E-state index in [2.05, 4.69) is 74.6 Å². The van der Waals surface area contributed by atoms with Crippen LogP contribution in [-0.2, 0) is 0 Å². The third-order valence-electron chi connectivity index (χ3n) is 3.75. The van der Waals surface area contributed by atoms with Gasteiger partial charge in [0, 0.05) is 0 Å². The molecule has 106 valence electrons. The first-order valence-corrected chi connectivity index (χ1v) is 7.58. The van der Waals surface area contributed by atoms with Crippen molar-refractivity contribution in [3.05, 3.63) is 70.8 Å². The van der Waals surface area contributed by atoms with Crippen molar-refractivity contribution in [2.75, 3.05) is 6.54 Å². The van der Waals surface area contributed by atoms with E-state index in [9.17, 15) is 0 Å². The largest absolute Gasteiger partial charge is 0.306 e. The quantitative estimate of drug-likeness (QED) is 0.742. The zero-order valence-corrected chi connectivity index (χ0v) is 12.8. The molecule has 0 bridgehead atoms. The Bertz CT molecular complexity index is 531. The second kappa shape index (κ2) is 7.25. The van der Waals surface area contributed by atoms with Gasteiger partial charge in [-0.05, 0) is 43.5 Å². The number of benzene rings is 2. The predicted octanol–water partition coefficient (Wildman–Crippen LogP) is 4.78. The summed E-state index contributed by atoms with van der Waals surface area (Å²) in [5.41, 5.74) is 5.42. The Labute approximate surface area is 123 Å². The highest BCUT2D eigenvalue weighted by Crippen LogP contribution is 2.25. The molecule has 0 radical (unpaired) electrons. The van der Waals surface area contributed by atoms with Gasteiger partial charge in [0.2, 0.25) is 0 Å². The first-order chi connectivity index (χ1) is 9.72. The Kier molecular flexibility index (Phi) is 5.37. The lowest BCUT2D eigenvalue weighted by atomic mass is 9.93. The van der Waals surface area contributed by atoms with Gasteiger partial charge in [-0.1, -0.05) is 67.4 Å². The molecule has 20 heavy (non-hydrogen) atoms. The lowest BCUT2D eigenvalue weighted by molar-refractivity contribution is 0.577.